The zero-order valence-corrected chi connectivity index (χ0v) is 31.5. The third kappa shape index (κ3) is 4.02. The van der Waals surface area contributed by atoms with Crippen LogP contribution in [-0.2, 0) is 16.6 Å². The highest BCUT2D eigenvalue weighted by atomic mass is 16.5. The standard InChI is InChI=1S/C44H57NO4/c1-12-24(4)14-13-18-42(9)30-16-15-25-20-28-27-21-26-29-22-40(5,6)49-41(7,8)34(29)37(47)32(26)33-36(27)45(35(23(2)3)38(33)48)39(28)44(25,11)43(30,10)19-17-31(42)46/h13-14,18,21-22,25,30-31,34-35,37,46-47H,2,12,15-17,19-20H2,1,3-11H3/b18-13+,24-14?/t25?,30-,31-,34?,35-,37+,42-,43-,44+/m0/s1. The van der Waals surface area contributed by atoms with Crippen molar-refractivity contribution in [1.82, 2.24) is 4.57 Å². The number of aromatic nitrogens is 1. The van der Waals surface area contributed by atoms with Crippen LogP contribution in [0.15, 0.2) is 48.1 Å². The van der Waals surface area contributed by atoms with Crippen LogP contribution in [0.1, 0.15) is 146 Å². The largest absolute Gasteiger partial charge is 0.392 e. The molecule has 49 heavy (non-hydrogen) atoms. The molecule has 1 aromatic heterocycles. The smallest absolute Gasteiger partial charge is 0.192 e. The average Bonchev–Trinajstić information content (AvgIpc) is 3.67. The van der Waals surface area contributed by atoms with Crippen LogP contribution in [0, 0.1) is 28.6 Å². The van der Waals surface area contributed by atoms with Crippen LogP contribution in [0.5, 0.6) is 0 Å². The summed E-state index contributed by atoms with van der Waals surface area (Å²) in [4.78, 5) is 14.9. The highest BCUT2D eigenvalue weighted by Gasteiger charge is 2.67. The van der Waals surface area contributed by atoms with Gasteiger partial charge in [0.15, 0.2) is 5.78 Å². The lowest BCUT2D eigenvalue weighted by atomic mass is 9.40. The van der Waals surface area contributed by atoms with Crippen molar-refractivity contribution in [3.05, 3.63) is 76.0 Å². The Morgan fingerprint density at radius 1 is 1.08 bits per heavy atom. The number of ether oxygens (including phenoxy) is 1. The summed E-state index contributed by atoms with van der Waals surface area (Å²) < 4.78 is 8.94. The number of hydrogen-bond acceptors (Lipinski definition) is 4. The summed E-state index contributed by atoms with van der Waals surface area (Å²) in [7, 11) is 0. The zero-order chi connectivity index (χ0) is 35.4. The van der Waals surface area contributed by atoms with E-state index in [0.717, 1.165) is 66.3 Å². The second kappa shape index (κ2) is 10.2. The van der Waals surface area contributed by atoms with Crippen LogP contribution < -0.4 is 0 Å². The van der Waals surface area contributed by atoms with Crippen LogP contribution in [0.2, 0.25) is 0 Å². The van der Waals surface area contributed by atoms with Crippen LogP contribution in [0.4, 0.5) is 0 Å². The van der Waals surface area contributed by atoms with E-state index in [-0.39, 0.29) is 33.9 Å². The minimum atomic E-state index is -0.824. The molecule has 2 saturated carbocycles. The van der Waals surface area contributed by atoms with E-state index < -0.39 is 29.5 Å². The predicted molar refractivity (Wildman–Crippen MR) is 198 cm³/mol. The first kappa shape index (κ1) is 33.4. The fraction of sp³-hybridized carbons (Fsp3) is 0.614. The Labute approximate surface area is 293 Å². The quantitative estimate of drug-likeness (QED) is 0.253. The van der Waals surface area contributed by atoms with Gasteiger partial charge in [-0.3, -0.25) is 4.79 Å². The normalized spacial score (nSPS) is 39.9. The summed E-state index contributed by atoms with van der Waals surface area (Å²) in [5.74, 6) is 0.566. The molecular weight excluding hydrogens is 606 g/mol. The molecule has 1 aromatic carbocycles. The fourth-order valence-electron chi connectivity index (χ4n) is 12.6. The van der Waals surface area contributed by atoms with Gasteiger partial charge < -0.3 is 19.5 Å². The molecule has 0 bridgehead atoms. The molecular formula is C44H57NO4. The number of aliphatic hydroxyl groups excluding tert-OH is 2. The number of carbonyl (C=O) groups excluding carboxylic acids is 1. The third-order valence-corrected chi connectivity index (χ3v) is 15.0. The van der Waals surface area contributed by atoms with Crippen LogP contribution in [0.25, 0.3) is 16.5 Å². The van der Waals surface area contributed by atoms with E-state index >= 15 is 0 Å². The summed E-state index contributed by atoms with van der Waals surface area (Å²) in [5, 5.41) is 25.1. The number of allylic oxidation sites excluding steroid dienone is 4. The summed E-state index contributed by atoms with van der Waals surface area (Å²) in [6, 6.07) is 1.85. The van der Waals surface area contributed by atoms with Gasteiger partial charge in [0.2, 0.25) is 0 Å². The molecule has 0 radical (unpaired) electrons. The topological polar surface area (TPSA) is 71.7 Å². The Balaban J connectivity index is 1.37. The second-order valence-corrected chi connectivity index (χ2v) is 18.5. The molecule has 2 aromatic rings. The summed E-state index contributed by atoms with van der Waals surface area (Å²) in [5.41, 5.74) is 7.79. The van der Waals surface area contributed by atoms with Crippen molar-refractivity contribution in [2.75, 3.05) is 0 Å². The number of ketones is 1. The van der Waals surface area contributed by atoms with Crippen molar-refractivity contribution in [3.8, 4) is 0 Å². The van der Waals surface area contributed by atoms with Crippen LogP contribution in [0.3, 0.4) is 0 Å². The molecule has 2 aliphatic heterocycles. The van der Waals surface area contributed by atoms with E-state index in [1.807, 2.05) is 6.92 Å². The van der Waals surface area contributed by atoms with Crippen molar-refractivity contribution in [2.24, 2.45) is 28.6 Å². The van der Waals surface area contributed by atoms with Gasteiger partial charge in [-0.15, -0.1) is 0 Å². The maximum Gasteiger partial charge on any atom is 0.192 e. The maximum absolute atomic E-state index is 14.9. The minimum Gasteiger partial charge on any atom is -0.392 e. The van der Waals surface area contributed by atoms with E-state index in [2.05, 4.69) is 104 Å². The Morgan fingerprint density at radius 3 is 2.47 bits per heavy atom. The molecule has 9 atom stereocenters. The lowest BCUT2D eigenvalue weighted by molar-refractivity contribution is -0.144. The summed E-state index contributed by atoms with van der Waals surface area (Å²) in [6.07, 6.45) is 13.6. The lowest BCUT2D eigenvalue weighted by Gasteiger charge is -2.64. The Bertz CT molecular complexity index is 1930. The zero-order valence-electron chi connectivity index (χ0n) is 31.5. The number of benzene rings is 1. The van der Waals surface area contributed by atoms with Gasteiger partial charge in [0.05, 0.1) is 34.5 Å². The van der Waals surface area contributed by atoms with Gasteiger partial charge in [-0.25, -0.2) is 0 Å². The molecule has 5 heteroatoms. The van der Waals surface area contributed by atoms with Gasteiger partial charge >= 0.3 is 0 Å². The molecule has 8 rings (SSSR count). The third-order valence-electron chi connectivity index (χ3n) is 15.0. The van der Waals surface area contributed by atoms with Gasteiger partial charge in [-0.05, 0) is 126 Å². The number of rotatable bonds is 4. The molecule has 3 heterocycles. The minimum absolute atomic E-state index is 0.0675. The van der Waals surface area contributed by atoms with Gasteiger partial charge in [0, 0.05) is 33.4 Å². The van der Waals surface area contributed by atoms with E-state index in [9.17, 15) is 15.0 Å². The molecule has 4 aliphatic carbocycles. The lowest BCUT2D eigenvalue weighted by Crippen LogP contribution is -2.62. The molecule has 5 nitrogen and oxygen atoms in total. The highest BCUT2D eigenvalue weighted by molar-refractivity contribution is 6.18. The number of hydrogen-bond donors (Lipinski definition) is 2. The van der Waals surface area contributed by atoms with E-state index in [1.54, 1.807) is 0 Å². The van der Waals surface area contributed by atoms with Crippen LogP contribution in [-0.4, -0.2) is 37.9 Å². The fourth-order valence-corrected chi connectivity index (χ4v) is 12.6. The summed E-state index contributed by atoms with van der Waals surface area (Å²) >= 11 is 0. The van der Waals surface area contributed by atoms with Gasteiger partial charge in [-0.1, -0.05) is 63.6 Å². The predicted octanol–water partition coefficient (Wildman–Crippen LogP) is 9.51. The SMILES string of the molecule is C=C(C)[C@H]1C(=O)c2c3c(cc4c5c(n1c24)[C@@]1(C)C(CC[C@H]2[C@](C)(/C=C/C=C(C)CC)[C@@H](O)CC[C@@]21C)C5)C1=CC(C)(C)OC(C)(C)C1[C@@H]3O. The van der Waals surface area contributed by atoms with Crippen molar-refractivity contribution in [1.29, 1.82) is 0 Å². The first-order valence-electron chi connectivity index (χ1n) is 18.9. The number of nitrogens with zero attached hydrogens (tertiary/aromatic N) is 1. The monoisotopic (exact) mass is 663 g/mol. The van der Waals surface area contributed by atoms with Crippen molar-refractivity contribution in [3.63, 3.8) is 0 Å². The maximum atomic E-state index is 14.9. The Kier molecular flexibility index (Phi) is 6.96. The number of carbonyl (C=O) groups is 1. The number of fused-ring (bicyclic) bond motifs is 11. The van der Waals surface area contributed by atoms with Gasteiger partial charge in [0.25, 0.3) is 0 Å². The molecule has 0 spiro atoms. The van der Waals surface area contributed by atoms with Crippen molar-refractivity contribution >= 4 is 22.3 Å². The molecule has 2 fully saturated rings. The van der Waals surface area contributed by atoms with E-state index in [1.165, 1.54) is 22.2 Å². The first-order chi connectivity index (χ1) is 22.8. The highest BCUT2D eigenvalue weighted by Crippen LogP contribution is 2.71. The van der Waals surface area contributed by atoms with E-state index in [4.69, 9.17) is 4.74 Å². The van der Waals surface area contributed by atoms with Crippen LogP contribution >= 0.6 is 0 Å². The molecule has 2 unspecified atom stereocenters. The molecule has 6 aliphatic rings. The number of Topliss-reactive ketones (excluding diaryl/α,β-unsaturated/α-hetero) is 1. The van der Waals surface area contributed by atoms with Crippen molar-refractivity contribution < 1.29 is 19.7 Å². The summed E-state index contributed by atoms with van der Waals surface area (Å²) in [6.45, 7) is 26.4. The Morgan fingerprint density at radius 2 is 1.80 bits per heavy atom. The van der Waals surface area contributed by atoms with Gasteiger partial charge in [0.1, 0.15) is 6.04 Å². The molecule has 0 amide bonds. The van der Waals surface area contributed by atoms with Gasteiger partial charge in [-0.2, -0.15) is 0 Å². The van der Waals surface area contributed by atoms with Crippen molar-refractivity contribution in [2.45, 2.75) is 143 Å². The van der Waals surface area contributed by atoms with E-state index in [0.29, 0.717) is 11.5 Å². The molecule has 2 N–H and O–H groups in total. The Hall–Kier alpha value is -2.73. The molecule has 262 valence electrons. The number of aliphatic hydroxyl groups is 2. The first-order valence-corrected chi connectivity index (χ1v) is 18.9. The second-order valence-electron chi connectivity index (χ2n) is 18.5. The molecule has 0 saturated heterocycles. The average molecular weight is 664 g/mol.